The molecule has 2 heterocycles. The fourth-order valence-corrected chi connectivity index (χ4v) is 3.06. The maximum Gasteiger partial charge on any atom is 0.258 e. The topological polar surface area (TPSA) is 89.0 Å². The van der Waals surface area contributed by atoms with Crippen molar-refractivity contribution >= 4 is 29.4 Å². The van der Waals surface area contributed by atoms with Crippen molar-refractivity contribution in [3.8, 4) is 11.5 Å². The number of fused-ring (bicyclic) bond motifs is 1. The molecule has 1 atom stereocenters. The van der Waals surface area contributed by atoms with E-state index in [9.17, 15) is 9.59 Å². The minimum atomic E-state index is -0.454. The van der Waals surface area contributed by atoms with Gasteiger partial charge in [0.2, 0.25) is 18.7 Å². The summed E-state index contributed by atoms with van der Waals surface area (Å²) >= 11 is 6.19. The molecule has 4 rings (SSSR count). The monoisotopic (exact) mass is 371 g/mol. The summed E-state index contributed by atoms with van der Waals surface area (Å²) in [4.78, 5) is 28.9. The number of carbonyl (C=O) groups excluding carboxylic acids is 2. The van der Waals surface area contributed by atoms with Crippen molar-refractivity contribution < 1.29 is 19.1 Å². The van der Waals surface area contributed by atoms with Gasteiger partial charge in [-0.15, -0.1) is 0 Å². The molecule has 0 aliphatic carbocycles. The summed E-state index contributed by atoms with van der Waals surface area (Å²) in [5, 5.41) is 5.71. The zero-order valence-electron chi connectivity index (χ0n) is 13.5. The van der Waals surface area contributed by atoms with Gasteiger partial charge in [-0.3, -0.25) is 20.2 Å². The molecular weight excluding hydrogens is 358 g/mol. The van der Waals surface area contributed by atoms with Gasteiger partial charge in [0.05, 0.1) is 12.5 Å². The molecule has 2 aromatic rings. The van der Waals surface area contributed by atoms with Gasteiger partial charge in [-0.25, -0.2) is 4.99 Å². The molecule has 0 fully saturated rings. The van der Waals surface area contributed by atoms with Crippen molar-refractivity contribution in [2.45, 2.75) is 12.5 Å². The normalized spacial score (nSPS) is 18.1. The van der Waals surface area contributed by atoms with Crippen molar-refractivity contribution in [2.24, 2.45) is 4.99 Å². The Kier molecular flexibility index (Phi) is 4.22. The molecule has 2 aliphatic heterocycles. The minimum absolute atomic E-state index is 0.0915. The van der Waals surface area contributed by atoms with Crippen LogP contribution in [0, 0.1) is 0 Å². The number of benzene rings is 2. The molecule has 2 aromatic carbocycles. The molecule has 2 amide bonds. The quantitative estimate of drug-likeness (QED) is 0.848. The number of hydrogen-bond acceptors (Lipinski definition) is 5. The van der Waals surface area contributed by atoms with Crippen LogP contribution in [0.5, 0.6) is 11.5 Å². The number of amides is 2. The van der Waals surface area contributed by atoms with Crippen LogP contribution >= 0.6 is 11.6 Å². The molecule has 0 aromatic heterocycles. The van der Waals surface area contributed by atoms with E-state index in [0.29, 0.717) is 22.1 Å². The Morgan fingerprint density at radius 1 is 1.19 bits per heavy atom. The molecule has 2 aliphatic rings. The number of ether oxygens (including phenoxy) is 2. The SMILES string of the molecule is O=C1CC(c2ccccc2Cl)N=C(NC(=O)c2ccc3c(c2)OCO3)N1. The van der Waals surface area contributed by atoms with Crippen LogP contribution in [0.1, 0.15) is 28.4 Å². The number of guanidine groups is 1. The third kappa shape index (κ3) is 3.21. The van der Waals surface area contributed by atoms with Gasteiger partial charge in [0, 0.05) is 10.6 Å². The average molecular weight is 372 g/mol. The van der Waals surface area contributed by atoms with Crippen LogP contribution in [0.2, 0.25) is 5.02 Å². The largest absolute Gasteiger partial charge is 0.454 e. The standard InChI is InChI=1S/C18H14ClN3O4/c19-12-4-2-1-3-11(12)13-8-16(23)21-18(20-13)22-17(24)10-5-6-14-15(7-10)26-9-25-14/h1-7,13H,8-9H2,(H2,20,21,22,23,24). The van der Waals surface area contributed by atoms with Crippen molar-refractivity contribution in [2.75, 3.05) is 6.79 Å². The number of carbonyl (C=O) groups is 2. The van der Waals surface area contributed by atoms with Crippen molar-refractivity contribution in [1.29, 1.82) is 0 Å². The van der Waals surface area contributed by atoms with E-state index in [1.54, 1.807) is 30.3 Å². The number of aliphatic imine (C=N–C) groups is 1. The van der Waals surface area contributed by atoms with Crippen molar-refractivity contribution in [3.63, 3.8) is 0 Å². The van der Waals surface area contributed by atoms with E-state index in [1.807, 2.05) is 12.1 Å². The zero-order chi connectivity index (χ0) is 18.1. The highest BCUT2D eigenvalue weighted by molar-refractivity contribution is 6.31. The second-order valence-electron chi connectivity index (χ2n) is 5.79. The van der Waals surface area contributed by atoms with Gasteiger partial charge in [-0.1, -0.05) is 29.8 Å². The van der Waals surface area contributed by atoms with Gasteiger partial charge >= 0.3 is 0 Å². The van der Waals surface area contributed by atoms with E-state index in [2.05, 4.69) is 15.6 Å². The fraction of sp³-hybridized carbons (Fsp3) is 0.167. The first kappa shape index (κ1) is 16.4. The summed E-state index contributed by atoms with van der Waals surface area (Å²) in [5.74, 6) is 0.520. The molecule has 2 N–H and O–H groups in total. The Hall–Kier alpha value is -3.06. The first-order valence-corrected chi connectivity index (χ1v) is 8.31. The molecule has 0 saturated carbocycles. The van der Waals surface area contributed by atoms with Gasteiger partial charge in [-0.2, -0.15) is 0 Å². The second-order valence-corrected chi connectivity index (χ2v) is 6.20. The van der Waals surface area contributed by atoms with Crippen molar-refractivity contribution in [1.82, 2.24) is 10.6 Å². The Bertz CT molecular complexity index is 928. The van der Waals surface area contributed by atoms with Crippen LogP contribution in [0.4, 0.5) is 0 Å². The van der Waals surface area contributed by atoms with Crippen LogP contribution in [0.25, 0.3) is 0 Å². The Balaban J connectivity index is 1.55. The maximum absolute atomic E-state index is 12.5. The van der Waals surface area contributed by atoms with E-state index in [1.165, 1.54) is 0 Å². The van der Waals surface area contributed by atoms with E-state index in [-0.39, 0.29) is 25.1 Å². The molecule has 132 valence electrons. The molecular formula is C18H14ClN3O4. The first-order valence-electron chi connectivity index (χ1n) is 7.93. The number of halogens is 1. The third-order valence-corrected chi connectivity index (χ3v) is 4.40. The van der Waals surface area contributed by atoms with Gasteiger partial charge in [-0.05, 0) is 29.8 Å². The predicted octanol–water partition coefficient (Wildman–Crippen LogP) is 2.42. The van der Waals surface area contributed by atoms with Crippen LogP contribution in [-0.2, 0) is 4.79 Å². The Morgan fingerprint density at radius 3 is 2.85 bits per heavy atom. The predicted molar refractivity (Wildman–Crippen MR) is 94.4 cm³/mol. The molecule has 8 heteroatoms. The fourth-order valence-electron chi connectivity index (χ4n) is 2.80. The minimum Gasteiger partial charge on any atom is -0.454 e. The summed E-state index contributed by atoms with van der Waals surface area (Å²) in [6.45, 7) is 0.128. The molecule has 0 saturated heterocycles. The van der Waals surface area contributed by atoms with Gasteiger partial charge in [0.1, 0.15) is 0 Å². The molecule has 7 nitrogen and oxygen atoms in total. The Morgan fingerprint density at radius 2 is 2.00 bits per heavy atom. The maximum atomic E-state index is 12.5. The van der Waals surface area contributed by atoms with E-state index in [4.69, 9.17) is 21.1 Å². The molecule has 26 heavy (non-hydrogen) atoms. The lowest BCUT2D eigenvalue weighted by atomic mass is 10.0. The number of rotatable bonds is 2. The summed E-state index contributed by atoms with van der Waals surface area (Å²) in [5.41, 5.74) is 1.10. The van der Waals surface area contributed by atoms with Crippen molar-refractivity contribution in [3.05, 3.63) is 58.6 Å². The summed E-state index contributed by atoms with van der Waals surface area (Å²) in [6.07, 6.45) is 0.160. The van der Waals surface area contributed by atoms with Crippen LogP contribution in [0.3, 0.4) is 0 Å². The summed E-state index contributed by atoms with van der Waals surface area (Å²) in [7, 11) is 0. The van der Waals surface area contributed by atoms with Gasteiger partial charge in [0.15, 0.2) is 11.5 Å². The van der Waals surface area contributed by atoms with Crippen LogP contribution < -0.4 is 20.1 Å². The molecule has 1 unspecified atom stereocenters. The van der Waals surface area contributed by atoms with Gasteiger partial charge < -0.3 is 9.47 Å². The summed E-state index contributed by atoms with van der Waals surface area (Å²) < 4.78 is 10.5. The lowest BCUT2D eigenvalue weighted by Crippen LogP contribution is -2.47. The number of hydrogen-bond donors (Lipinski definition) is 2. The highest BCUT2D eigenvalue weighted by Crippen LogP contribution is 2.32. The first-order chi connectivity index (χ1) is 12.6. The molecule has 0 spiro atoms. The zero-order valence-corrected chi connectivity index (χ0v) is 14.2. The average Bonchev–Trinajstić information content (AvgIpc) is 3.09. The smallest absolute Gasteiger partial charge is 0.258 e. The van der Waals surface area contributed by atoms with E-state index >= 15 is 0 Å². The lowest BCUT2D eigenvalue weighted by Gasteiger charge is -2.22. The molecule has 0 bridgehead atoms. The number of nitrogens with zero attached hydrogens (tertiary/aromatic N) is 1. The third-order valence-electron chi connectivity index (χ3n) is 4.05. The summed E-state index contributed by atoms with van der Waals surface area (Å²) in [6, 6.07) is 11.6. The van der Waals surface area contributed by atoms with Crippen LogP contribution in [-0.4, -0.2) is 24.6 Å². The highest BCUT2D eigenvalue weighted by Gasteiger charge is 2.25. The number of nitrogens with one attached hydrogen (secondary N) is 2. The highest BCUT2D eigenvalue weighted by atomic mass is 35.5. The van der Waals surface area contributed by atoms with E-state index in [0.717, 1.165) is 5.56 Å². The van der Waals surface area contributed by atoms with Crippen LogP contribution in [0.15, 0.2) is 47.5 Å². The lowest BCUT2D eigenvalue weighted by molar-refractivity contribution is -0.120. The second kappa shape index (κ2) is 6.68. The molecule has 0 radical (unpaired) electrons. The van der Waals surface area contributed by atoms with Gasteiger partial charge in [0.25, 0.3) is 5.91 Å². The van der Waals surface area contributed by atoms with E-state index < -0.39 is 11.9 Å². The Labute approximate surface area is 154 Å².